The Hall–Kier alpha value is -4.34. The van der Waals surface area contributed by atoms with Crippen LogP contribution in [0.1, 0.15) is 35.1 Å². The molecule has 2 aliphatic rings. The van der Waals surface area contributed by atoms with E-state index in [1.807, 2.05) is 6.07 Å². The Balaban J connectivity index is 1.88. The Kier molecular flexibility index (Phi) is 6.13. The molecule has 12 heteroatoms. The lowest BCUT2D eigenvalue weighted by atomic mass is 9.81. The molecule has 2 atom stereocenters. The smallest absolute Gasteiger partial charge is 0.320 e. The lowest BCUT2D eigenvalue weighted by molar-refractivity contribution is -0.145. The number of nitriles is 1. The van der Waals surface area contributed by atoms with Crippen LogP contribution in [0.5, 0.6) is 5.88 Å². The van der Waals surface area contributed by atoms with Crippen molar-refractivity contribution in [2.45, 2.75) is 36.4 Å². The number of nitrogens with zero attached hydrogens (tertiary/aromatic N) is 5. The van der Waals surface area contributed by atoms with Crippen LogP contribution in [0.2, 0.25) is 0 Å². The SMILES string of the molecule is COc1ncccc1C1(N2CCC[C@H]2C(=O)O)C(=O)N(S(=O)(=O)c2ccc(C)cn2)c2ccc(C#N)cc21. The van der Waals surface area contributed by atoms with Crippen molar-refractivity contribution in [3.63, 3.8) is 0 Å². The molecule has 0 spiro atoms. The predicted molar refractivity (Wildman–Crippen MR) is 134 cm³/mol. The van der Waals surface area contributed by atoms with Crippen molar-refractivity contribution in [2.75, 3.05) is 18.0 Å². The van der Waals surface area contributed by atoms with E-state index in [1.165, 1.54) is 48.7 Å². The first-order valence-corrected chi connectivity index (χ1v) is 13.2. The number of rotatable bonds is 6. The van der Waals surface area contributed by atoms with E-state index in [-0.39, 0.29) is 46.2 Å². The Morgan fingerprint density at radius 3 is 2.66 bits per heavy atom. The second-order valence-electron chi connectivity index (χ2n) is 9.05. The number of anilines is 1. The highest BCUT2D eigenvalue weighted by molar-refractivity contribution is 7.93. The summed E-state index contributed by atoms with van der Waals surface area (Å²) in [5.74, 6) is -2.06. The van der Waals surface area contributed by atoms with E-state index in [1.54, 1.807) is 25.1 Å². The quantitative estimate of drug-likeness (QED) is 0.499. The lowest BCUT2D eigenvalue weighted by Gasteiger charge is -2.40. The van der Waals surface area contributed by atoms with Gasteiger partial charge in [-0.2, -0.15) is 18.0 Å². The highest BCUT2D eigenvalue weighted by atomic mass is 32.2. The van der Waals surface area contributed by atoms with Crippen LogP contribution in [-0.2, 0) is 25.2 Å². The zero-order chi connectivity index (χ0) is 27.2. The lowest BCUT2D eigenvalue weighted by Crippen LogP contribution is -2.58. The molecule has 0 aliphatic carbocycles. The number of hydrogen-bond donors (Lipinski definition) is 1. The fourth-order valence-electron chi connectivity index (χ4n) is 5.33. The minimum absolute atomic E-state index is 0.00156. The van der Waals surface area contributed by atoms with Crippen molar-refractivity contribution in [2.24, 2.45) is 0 Å². The second kappa shape index (κ2) is 9.20. The first kappa shape index (κ1) is 25.3. The van der Waals surface area contributed by atoms with Crippen molar-refractivity contribution in [1.82, 2.24) is 14.9 Å². The maximum atomic E-state index is 14.7. The molecule has 38 heavy (non-hydrogen) atoms. The average molecular weight is 534 g/mol. The number of ether oxygens (including phenoxy) is 1. The van der Waals surface area contributed by atoms with Crippen molar-refractivity contribution in [1.29, 1.82) is 5.26 Å². The summed E-state index contributed by atoms with van der Waals surface area (Å²) < 4.78 is 34.1. The number of methoxy groups -OCH3 is 1. The monoisotopic (exact) mass is 533 g/mol. The molecule has 11 nitrogen and oxygen atoms in total. The molecular weight excluding hydrogens is 510 g/mol. The molecule has 2 aromatic heterocycles. The third-order valence-electron chi connectivity index (χ3n) is 6.94. The number of pyridine rings is 2. The van der Waals surface area contributed by atoms with Gasteiger partial charge < -0.3 is 9.84 Å². The van der Waals surface area contributed by atoms with E-state index >= 15 is 0 Å². The van der Waals surface area contributed by atoms with Gasteiger partial charge in [-0.3, -0.25) is 14.5 Å². The highest BCUT2D eigenvalue weighted by Gasteiger charge is 2.63. The number of hydrogen-bond acceptors (Lipinski definition) is 9. The van der Waals surface area contributed by atoms with Crippen LogP contribution in [0.25, 0.3) is 0 Å². The van der Waals surface area contributed by atoms with Gasteiger partial charge in [-0.05, 0) is 61.7 Å². The minimum atomic E-state index is -4.55. The van der Waals surface area contributed by atoms with Gasteiger partial charge in [0.05, 0.1) is 24.4 Å². The van der Waals surface area contributed by atoms with E-state index in [0.717, 1.165) is 5.56 Å². The molecule has 3 aromatic rings. The number of aromatic nitrogens is 2. The average Bonchev–Trinajstić information content (AvgIpc) is 3.50. The molecule has 1 fully saturated rings. The van der Waals surface area contributed by atoms with Crippen molar-refractivity contribution in [3.8, 4) is 11.9 Å². The third kappa shape index (κ3) is 3.54. The van der Waals surface area contributed by atoms with E-state index in [9.17, 15) is 28.4 Å². The third-order valence-corrected chi connectivity index (χ3v) is 8.55. The van der Waals surface area contributed by atoms with Gasteiger partial charge in [-0.15, -0.1) is 0 Å². The summed E-state index contributed by atoms with van der Waals surface area (Å²) in [6.07, 6.45) is 3.53. The number of aryl methyl sites for hydroxylation is 1. The molecular formula is C26H23N5O6S. The summed E-state index contributed by atoms with van der Waals surface area (Å²) in [5, 5.41) is 19.4. The molecule has 5 rings (SSSR count). The number of sulfonamides is 1. The number of carboxylic acid groups (broad SMARTS) is 1. The Morgan fingerprint density at radius 1 is 1.21 bits per heavy atom. The molecule has 0 saturated carbocycles. The van der Waals surface area contributed by atoms with Crippen molar-refractivity contribution < 1.29 is 27.9 Å². The molecule has 0 radical (unpaired) electrons. The van der Waals surface area contributed by atoms with Gasteiger partial charge in [0.1, 0.15) is 6.04 Å². The standard InChI is InChI=1S/C26H23N5O6S/c1-16-7-10-22(29-15-16)38(35,36)31-20-9-8-17(14-27)13-19(20)26(25(31)34,18-5-3-11-28-23(18)37-2)30-12-4-6-21(30)24(32)33/h3,5,7-11,13,15,21H,4,6,12H2,1-2H3,(H,32,33)/t21-,26?/m0/s1. The number of carboxylic acids is 1. The predicted octanol–water partition coefficient (Wildman–Crippen LogP) is 2.19. The molecule has 1 saturated heterocycles. The minimum Gasteiger partial charge on any atom is -0.481 e. The van der Waals surface area contributed by atoms with Gasteiger partial charge in [0.25, 0.3) is 15.9 Å². The second-order valence-corrected chi connectivity index (χ2v) is 10.8. The van der Waals surface area contributed by atoms with E-state index in [0.29, 0.717) is 10.7 Å². The maximum absolute atomic E-state index is 14.7. The van der Waals surface area contributed by atoms with Gasteiger partial charge in [0.2, 0.25) is 5.88 Å². The molecule has 194 valence electrons. The maximum Gasteiger partial charge on any atom is 0.320 e. The summed E-state index contributed by atoms with van der Waals surface area (Å²) in [6, 6.07) is 11.1. The van der Waals surface area contributed by atoms with Gasteiger partial charge in [-0.25, -0.2) is 9.97 Å². The number of carbonyl (C=O) groups excluding carboxylic acids is 1. The first-order chi connectivity index (χ1) is 18.2. The van der Waals surface area contributed by atoms with E-state index in [2.05, 4.69) is 9.97 Å². The van der Waals surface area contributed by atoms with Gasteiger partial charge in [0, 0.05) is 30.1 Å². The van der Waals surface area contributed by atoms with Crippen LogP contribution < -0.4 is 9.04 Å². The first-order valence-electron chi connectivity index (χ1n) is 11.7. The molecule has 0 bridgehead atoms. The van der Waals surface area contributed by atoms with Gasteiger partial charge in [-0.1, -0.05) is 6.07 Å². The molecule has 1 aromatic carbocycles. The normalized spacial score (nSPS) is 21.2. The number of aliphatic carboxylic acids is 1. The van der Waals surface area contributed by atoms with E-state index in [4.69, 9.17) is 4.74 Å². The molecule has 1 amide bonds. The molecule has 1 unspecified atom stereocenters. The zero-order valence-corrected chi connectivity index (χ0v) is 21.3. The fourth-order valence-corrected chi connectivity index (χ4v) is 6.71. The summed E-state index contributed by atoms with van der Waals surface area (Å²) in [6.45, 7) is 1.93. The number of likely N-dealkylation sites (tertiary alicyclic amines) is 1. The zero-order valence-electron chi connectivity index (χ0n) is 20.5. The van der Waals surface area contributed by atoms with Crippen molar-refractivity contribution >= 4 is 27.6 Å². The molecule has 4 heterocycles. The van der Waals surface area contributed by atoms with Crippen LogP contribution in [0.15, 0.2) is 59.9 Å². The van der Waals surface area contributed by atoms with Crippen LogP contribution in [0, 0.1) is 18.3 Å². The number of carbonyl (C=O) groups is 2. The van der Waals surface area contributed by atoms with Gasteiger partial charge >= 0.3 is 5.97 Å². The fraction of sp³-hybridized carbons (Fsp3) is 0.269. The summed E-state index contributed by atoms with van der Waals surface area (Å²) in [5.41, 5.74) is -0.741. The van der Waals surface area contributed by atoms with Crippen LogP contribution >= 0.6 is 0 Å². The van der Waals surface area contributed by atoms with E-state index < -0.39 is 33.5 Å². The van der Waals surface area contributed by atoms with Crippen LogP contribution in [0.4, 0.5) is 5.69 Å². The number of benzene rings is 1. The molecule has 2 aliphatic heterocycles. The Labute approximate surface area is 219 Å². The van der Waals surface area contributed by atoms with Gasteiger partial charge in [0.15, 0.2) is 10.6 Å². The topological polar surface area (TPSA) is 154 Å². The number of fused-ring (bicyclic) bond motifs is 1. The van der Waals surface area contributed by atoms with Crippen LogP contribution in [-0.4, -0.2) is 60.0 Å². The summed E-state index contributed by atoms with van der Waals surface area (Å²) in [7, 11) is -3.19. The highest BCUT2D eigenvalue weighted by Crippen LogP contribution is 2.54. The Morgan fingerprint density at radius 2 is 2.00 bits per heavy atom. The largest absolute Gasteiger partial charge is 0.481 e. The summed E-state index contributed by atoms with van der Waals surface area (Å²) in [4.78, 5) is 36.9. The molecule has 1 N–H and O–H groups in total. The Bertz CT molecular complexity index is 1600. The van der Waals surface area contributed by atoms with Crippen LogP contribution in [0.3, 0.4) is 0 Å². The van der Waals surface area contributed by atoms with Crippen molar-refractivity contribution in [3.05, 3.63) is 77.1 Å². The number of amides is 1. The summed E-state index contributed by atoms with van der Waals surface area (Å²) >= 11 is 0.